The summed E-state index contributed by atoms with van der Waals surface area (Å²) in [6.45, 7) is 0. The molecule has 0 saturated carbocycles. The van der Waals surface area contributed by atoms with E-state index in [0.29, 0.717) is 0 Å². The molecule has 1 rings (SSSR count). The summed E-state index contributed by atoms with van der Waals surface area (Å²) in [5, 5.41) is 0. The SMILES string of the molecule is O=[CH][Eu].c1ccncc1. The van der Waals surface area contributed by atoms with Gasteiger partial charge in [0.15, 0.2) is 0 Å². The summed E-state index contributed by atoms with van der Waals surface area (Å²) in [6.07, 6.45) is 3.50. The molecule has 1 aromatic rings. The molecular formula is C6H6EuNO. The minimum atomic E-state index is 0.806. The monoisotopic (exact) mass is 261 g/mol. The van der Waals surface area contributed by atoms with Gasteiger partial charge in [-0.25, -0.2) is 0 Å². The third-order valence-corrected chi connectivity index (χ3v) is 0.566. The Morgan fingerprint density at radius 3 is 1.78 bits per heavy atom. The van der Waals surface area contributed by atoms with E-state index in [1.165, 1.54) is 0 Å². The van der Waals surface area contributed by atoms with E-state index in [9.17, 15) is 0 Å². The molecule has 0 radical (unpaired) electrons. The second-order valence-electron chi connectivity index (χ2n) is 1.11. The van der Waals surface area contributed by atoms with Crippen LogP contribution >= 0.6 is 0 Å². The van der Waals surface area contributed by atoms with E-state index in [2.05, 4.69) is 4.98 Å². The van der Waals surface area contributed by atoms with Crippen LogP contribution in [0, 0.1) is 47.0 Å². The van der Waals surface area contributed by atoms with Crippen molar-refractivity contribution in [2.45, 2.75) is 0 Å². The number of carbonyl (C=O) groups excluding carboxylic acids is 1. The van der Waals surface area contributed by atoms with Crippen LogP contribution in [-0.4, -0.2) is 5.66 Å². The number of pyridine rings is 1. The van der Waals surface area contributed by atoms with E-state index in [4.69, 9.17) is 4.79 Å². The summed E-state index contributed by atoms with van der Waals surface area (Å²) >= 11 is 1.14. The molecule has 0 N–H and O–H groups in total. The molecule has 3 heteroatoms. The van der Waals surface area contributed by atoms with E-state index in [0.717, 1.165) is 47.7 Å². The van der Waals surface area contributed by atoms with Crippen molar-refractivity contribution in [2.24, 2.45) is 0 Å². The Hall–Kier alpha value is 0.404. The summed E-state index contributed by atoms with van der Waals surface area (Å²) in [7, 11) is 0. The maximum Gasteiger partial charge on any atom is 0.0267 e. The molecule has 0 unspecified atom stereocenters. The Balaban J connectivity index is 0.000000187. The Morgan fingerprint density at radius 2 is 1.67 bits per heavy atom. The zero-order valence-corrected chi connectivity index (χ0v) is 7.12. The molecule has 1 aromatic heterocycles. The van der Waals surface area contributed by atoms with Crippen LogP contribution < -0.4 is 0 Å². The van der Waals surface area contributed by atoms with Crippen LogP contribution in [0.1, 0.15) is 0 Å². The largest absolute Gasteiger partial charge is 0.265 e. The maximum absolute atomic E-state index is 8.83. The van der Waals surface area contributed by atoms with Gasteiger partial charge in [0.1, 0.15) is 0 Å². The van der Waals surface area contributed by atoms with E-state index in [-0.39, 0.29) is 0 Å². The van der Waals surface area contributed by atoms with Crippen LogP contribution in [0.2, 0.25) is 0 Å². The van der Waals surface area contributed by atoms with Gasteiger partial charge < -0.3 is 0 Å². The van der Waals surface area contributed by atoms with E-state index < -0.39 is 0 Å². The fourth-order valence-electron chi connectivity index (χ4n) is 0.313. The first-order valence-electron chi connectivity index (χ1n) is 2.30. The van der Waals surface area contributed by atoms with Crippen molar-refractivity contribution in [1.29, 1.82) is 0 Å². The number of aromatic nitrogens is 1. The third-order valence-electron chi connectivity index (χ3n) is 0.566. The van der Waals surface area contributed by atoms with Gasteiger partial charge in [-0.2, -0.15) is 0 Å². The summed E-state index contributed by atoms with van der Waals surface area (Å²) in [4.78, 5) is 12.6. The van der Waals surface area contributed by atoms with Crippen molar-refractivity contribution in [3.05, 3.63) is 30.6 Å². The Kier molecular flexibility index (Phi) is 8.78. The fourth-order valence-corrected chi connectivity index (χ4v) is 0.313. The molecule has 0 spiro atoms. The predicted octanol–water partition coefficient (Wildman–Crippen LogP) is 0.807. The number of carbonyl (C=O) groups is 1. The van der Waals surface area contributed by atoms with Crippen LogP contribution in [0.25, 0.3) is 0 Å². The van der Waals surface area contributed by atoms with Crippen molar-refractivity contribution < 1.29 is 51.8 Å². The molecule has 0 aliphatic rings. The summed E-state index contributed by atoms with van der Waals surface area (Å²) in [5.74, 6) is 0. The molecule has 48 valence electrons. The molecule has 9 heavy (non-hydrogen) atoms. The molecule has 0 aromatic carbocycles. The van der Waals surface area contributed by atoms with Gasteiger partial charge in [0.2, 0.25) is 0 Å². The van der Waals surface area contributed by atoms with Crippen molar-refractivity contribution in [3.63, 3.8) is 0 Å². The summed E-state index contributed by atoms with van der Waals surface area (Å²) in [6, 6.07) is 5.72. The summed E-state index contributed by atoms with van der Waals surface area (Å²) < 4.78 is 0.806. The minimum Gasteiger partial charge on any atom is -0.265 e. The number of nitrogens with zero attached hydrogens (tertiary/aromatic N) is 1. The normalized spacial score (nSPS) is 6.78. The number of rotatable bonds is 0. The molecule has 0 aliphatic heterocycles. The average molecular weight is 260 g/mol. The topological polar surface area (TPSA) is 30.0 Å². The molecule has 0 amide bonds. The second-order valence-corrected chi connectivity index (χ2v) is 1.69. The predicted molar refractivity (Wildman–Crippen MR) is 31.0 cm³/mol. The Morgan fingerprint density at radius 1 is 1.22 bits per heavy atom. The number of hydrogen-bond donors (Lipinski definition) is 0. The average Bonchev–Trinajstić information content (AvgIpc) is 1.93. The molecule has 0 bridgehead atoms. The first-order valence-corrected chi connectivity index (χ1v) is 3.70. The van der Waals surface area contributed by atoms with E-state index in [1.54, 1.807) is 12.4 Å². The van der Waals surface area contributed by atoms with Crippen LogP contribution in [-0.2, 0) is 4.79 Å². The van der Waals surface area contributed by atoms with Gasteiger partial charge in [-0.15, -0.1) is 0 Å². The fraction of sp³-hybridized carbons (Fsp3) is 0. The van der Waals surface area contributed by atoms with Crippen molar-refractivity contribution in [2.75, 3.05) is 0 Å². The second kappa shape index (κ2) is 8.40. The number of hydrogen-bond acceptors (Lipinski definition) is 2. The molecule has 0 fully saturated rings. The van der Waals surface area contributed by atoms with Crippen molar-refractivity contribution in [3.8, 4) is 0 Å². The molecular weight excluding hydrogens is 254 g/mol. The molecule has 0 atom stereocenters. The van der Waals surface area contributed by atoms with Crippen LogP contribution in [0.4, 0.5) is 0 Å². The molecule has 2 nitrogen and oxygen atoms in total. The van der Waals surface area contributed by atoms with Gasteiger partial charge in [0.05, 0.1) is 0 Å². The smallest absolute Gasteiger partial charge is 0.0267 e. The van der Waals surface area contributed by atoms with Gasteiger partial charge in [0.25, 0.3) is 0 Å². The van der Waals surface area contributed by atoms with Crippen LogP contribution in [0.5, 0.6) is 0 Å². The molecule has 1 heterocycles. The quantitative estimate of drug-likeness (QED) is 0.646. The van der Waals surface area contributed by atoms with E-state index in [1.807, 2.05) is 18.2 Å². The molecule has 0 aliphatic carbocycles. The van der Waals surface area contributed by atoms with Crippen LogP contribution in [0.3, 0.4) is 0 Å². The first kappa shape index (κ1) is 9.40. The standard InChI is InChI=1S/C5H5N.CHO.Eu/c1-2-4-6-5-3-1;1-2;/h1-5H;1H;. The van der Waals surface area contributed by atoms with Crippen molar-refractivity contribution >= 4 is 0.680 Å². The zero-order valence-electron chi connectivity index (χ0n) is 4.70. The van der Waals surface area contributed by atoms with Gasteiger partial charge in [-0.3, -0.25) is 4.98 Å². The Labute approximate surface area is 86.8 Å². The van der Waals surface area contributed by atoms with Gasteiger partial charge in [-0.05, 0) is 12.1 Å². The van der Waals surface area contributed by atoms with E-state index >= 15 is 0 Å². The Bertz CT molecular complexity index is 116. The van der Waals surface area contributed by atoms with Gasteiger partial charge >= 0.3 is 52.5 Å². The maximum atomic E-state index is 8.83. The first-order chi connectivity index (χ1) is 4.41. The van der Waals surface area contributed by atoms with Gasteiger partial charge in [0, 0.05) is 12.4 Å². The van der Waals surface area contributed by atoms with Gasteiger partial charge in [-0.1, -0.05) is 6.07 Å². The minimum absolute atomic E-state index is 0.806. The summed E-state index contributed by atoms with van der Waals surface area (Å²) in [5.41, 5.74) is 0. The van der Waals surface area contributed by atoms with Crippen LogP contribution in [0.15, 0.2) is 30.6 Å². The third kappa shape index (κ3) is 8.40. The van der Waals surface area contributed by atoms with Crippen molar-refractivity contribution in [1.82, 2.24) is 4.98 Å². The zero-order chi connectivity index (χ0) is 6.95. The molecule has 0 saturated heterocycles.